The summed E-state index contributed by atoms with van der Waals surface area (Å²) in [7, 11) is 0. The number of fused-ring (bicyclic) bond motifs is 6. The molecule has 3 nitrogen and oxygen atoms in total. The van der Waals surface area contributed by atoms with Crippen LogP contribution in [-0.4, -0.2) is 9.97 Å². The van der Waals surface area contributed by atoms with Gasteiger partial charge in [-0.2, -0.15) is 0 Å². The molecule has 0 aliphatic rings. The second kappa shape index (κ2) is 10.3. The molecule has 45 heavy (non-hydrogen) atoms. The van der Waals surface area contributed by atoms with Crippen LogP contribution in [0.3, 0.4) is 0 Å². The average Bonchev–Trinajstić information content (AvgIpc) is 3.50. The predicted molar refractivity (Wildman–Crippen MR) is 186 cm³/mol. The third-order valence-electron chi connectivity index (χ3n) is 8.69. The summed E-state index contributed by atoms with van der Waals surface area (Å²) >= 11 is 0. The van der Waals surface area contributed by atoms with Gasteiger partial charge in [0.2, 0.25) is 0 Å². The van der Waals surface area contributed by atoms with Crippen molar-refractivity contribution < 1.29 is 4.42 Å². The van der Waals surface area contributed by atoms with Crippen LogP contribution in [0, 0.1) is 0 Å². The van der Waals surface area contributed by atoms with Gasteiger partial charge in [-0.25, -0.2) is 9.97 Å². The molecule has 2 aromatic heterocycles. The minimum absolute atomic E-state index is 0.696. The molecule has 0 radical (unpaired) electrons. The van der Waals surface area contributed by atoms with E-state index in [9.17, 15) is 0 Å². The molecular formula is C42H26N2O. The average molecular weight is 575 g/mol. The van der Waals surface area contributed by atoms with Crippen molar-refractivity contribution >= 4 is 43.6 Å². The minimum Gasteiger partial charge on any atom is -0.455 e. The van der Waals surface area contributed by atoms with Gasteiger partial charge in [-0.3, -0.25) is 0 Å². The standard InChI is InChI=1S/C42H26N2O/c1-2-10-27(11-3-1)31-13-8-14-32(26-31)28-20-22-30(23-21-28)42-43-37-18-6-4-16-35(37)40(44-42)36-17-9-12-29-24-25-34-33-15-5-7-19-38(33)45-41(34)39(29)36/h1-26H. The Balaban J connectivity index is 1.19. The Hall–Kier alpha value is -6.06. The van der Waals surface area contributed by atoms with Gasteiger partial charge in [-0.15, -0.1) is 0 Å². The van der Waals surface area contributed by atoms with Gasteiger partial charge >= 0.3 is 0 Å². The highest BCUT2D eigenvalue weighted by atomic mass is 16.3. The highest BCUT2D eigenvalue weighted by Crippen LogP contribution is 2.40. The molecule has 9 rings (SSSR count). The second-order valence-corrected chi connectivity index (χ2v) is 11.4. The van der Waals surface area contributed by atoms with Crippen LogP contribution < -0.4 is 0 Å². The van der Waals surface area contributed by atoms with Gasteiger partial charge in [-0.05, 0) is 51.9 Å². The molecule has 7 aromatic carbocycles. The molecule has 0 bridgehead atoms. The van der Waals surface area contributed by atoms with Crippen molar-refractivity contribution in [3.63, 3.8) is 0 Å². The highest BCUT2D eigenvalue weighted by molar-refractivity contribution is 6.19. The number of nitrogens with zero attached hydrogens (tertiary/aromatic N) is 2. The molecule has 2 heterocycles. The summed E-state index contributed by atoms with van der Waals surface area (Å²) in [5, 5.41) is 5.42. The van der Waals surface area contributed by atoms with Gasteiger partial charge in [-0.1, -0.05) is 133 Å². The lowest BCUT2D eigenvalue weighted by atomic mass is 9.96. The molecule has 0 saturated heterocycles. The topological polar surface area (TPSA) is 38.9 Å². The summed E-state index contributed by atoms with van der Waals surface area (Å²) in [6.07, 6.45) is 0. The fraction of sp³-hybridized carbons (Fsp3) is 0. The Morgan fingerprint density at radius 2 is 1.09 bits per heavy atom. The summed E-state index contributed by atoms with van der Waals surface area (Å²) in [6, 6.07) is 54.9. The largest absolute Gasteiger partial charge is 0.455 e. The molecule has 0 fully saturated rings. The Morgan fingerprint density at radius 3 is 1.93 bits per heavy atom. The maximum atomic E-state index is 6.50. The van der Waals surface area contributed by atoms with E-state index in [0.717, 1.165) is 66.0 Å². The molecule has 0 unspecified atom stereocenters. The van der Waals surface area contributed by atoms with Crippen molar-refractivity contribution in [1.29, 1.82) is 0 Å². The van der Waals surface area contributed by atoms with E-state index in [-0.39, 0.29) is 0 Å². The second-order valence-electron chi connectivity index (χ2n) is 11.4. The monoisotopic (exact) mass is 574 g/mol. The van der Waals surface area contributed by atoms with Crippen LogP contribution in [-0.2, 0) is 0 Å². The zero-order valence-corrected chi connectivity index (χ0v) is 24.3. The third-order valence-corrected chi connectivity index (χ3v) is 8.69. The van der Waals surface area contributed by atoms with Crippen LogP contribution >= 0.6 is 0 Å². The van der Waals surface area contributed by atoms with Crippen molar-refractivity contribution in [2.45, 2.75) is 0 Å². The summed E-state index contributed by atoms with van der Waals surface area (Å²) < 4.78 is 6.50. The van der Waals surface area contributed by atoms with Crippen molar-refractivity contribution in [1.82, 2.24) is 9.97 Å². The van der Waals surface area contributed by atoms with E-state index in [4.69, 9.17) is 14.4 Å². The number of para-hydroxylation sites is 2. The van der Waals surface area contributed by atoms with E-state index < -0.39 is 0 Å². The Bertz CT molecular complexity index is 2530. The van der Waals surface area contributed by atoms with Crippen LogP contribution in [0.15, 0.2) is 162 Å². The first-order chi connectivity index (χ1) is 22.3. The van der Waals surface area contributed by atoms with E-state index in [1.54, 1.807) is 0 Å². The Labute approximate surface area is 260 Å². The highest BCUT2D eigenvalue weighted by Gasteiger charge is 2.18. The number of hydrogen-bond acceptors (Lipinski definition) is 3. The third kappa shape index (κ3) is 4.29. The van der Waals surface area contributed by atoms with Crippen LogP contribution in [0.2, 0.25) is 0 Å². The van der Waals surface area contributed by atoms with Crippen molar-refractivity contribution in [3.8, 4) is 44.9 Å². The first-order valence-corrected chi connectivity index (χ1v) is 15.2. The summed E-state index contributed by atoms with van der Waals surface area (Å²) in [4.78, 5) is 10.3. The zero-order valence-electron chi connectivity index (χ0n) is 24.3. The molecule has 0 aliphatic carbocycles. The van der Waals surface area contributed by atoms with Crippen LogP contribution in [0.25, 0.3) is 88.5 Å². The molecule has 0 aliphatic heterocycles. The normalized spacial score (nSPS) is 11.6. The van der Waals surface area contributed by atoms with Crippen molar-refractivity contribution in [3.05, 3.63) is 158 Å². The maximum absolute atomic E-state index is 6.50. The summed E-state index contributed by atoms with van der Waals surface area (Å²) in [6.45, 7) is 0. The van der Waals surface area contributed by atoms with Gasteiger partial charge in [0.1, 0.15) is 11.2 Å². The van der Waals surface area contributed by atoms with E-state index in [2.05, 4.69) is 133 Å². The molecular weight excluding hydrogens is 548 g/mol. The number of rotatable bonds is 4. The van der Waals surface area contributed by atoms with Gasteiger partial charge in [0.15, 0.2) is 5.82 Å². The lowest BCUT2D eigenvalue weighted by molar-refractivity contribution is 0.673. The number of aromatic nitrogens is 2. The molecule has 3 heteroatoms. The lowest BCUT2D eigenvalue weighted by Gasteiger charge is -2.12. The molecule has 0 N–H and O–H groups in total. The Kier molecular flexibility index (Phi) is 5.82. The molecule has 0 amide bonds. The summed E-state index contributed by atoms with van der Waals surface area (Å²) in [5.41, 5.74) is 10.3. The zero-order chi connectivity index (χ0) is 29.7. The molecule has 0 saturated carbocycles. The maximum Gasteiger partial charge on any atom is 0.160 e. The van der Waals surface area contributed by atoms with E-state index >= 15 is 0 Å². The molecule has 0 spiro atoms. The minimum atomic E-state index is 0.696. The van der Waals surface area contributed by atoms with Crippen molar-refractivity contribution in [2.75, 3.05) is 0 Å². The quantitative estimate of drug-likeness (QED) is 0.210. The van der Waals surface area contributed by atoms with Gasteiger partial charge in [0.05, 0.1) is 11.2 Å². The predicted octanol–water partition coefficient (Wildman–Crippen LogP) is 11.4. The van der Waals surface area contributed by atoms with Crippen molar-refractivity contribution in [2.24, 2.45) is 0 Å². The molecule has 0 atom stereocenters. The van der Waals surface area contributed by atoms with E-state index in [1.807, 2.05) is 24.3 Å². The van der Waals surface area contributed by atoms with Crippen LogP contribution in [0.4, 0.5) is 0 Å². The summed E-state index contributed by atoms with van der Waals surface area (Å²) in [5.74, 6) is 0.696. The first kappa shape index (κ1) is 25.4. The molecule has 9 aromatic rings. The number of hydrogen-bond donors (Lipinski definition) is 0. The van der Waals surface area contributed by atoms with Gasteiger partial charge in [0, 0.05) is 32.7 Å². The fourth-order valence-electron chi connectivity index (χ4n) is 6.48. The van der Waals surface area contributed by atoms with Crippen LogP contribution in [0.5, 0.6) is 0 Å². The number of benzene rings is 7. The SMILES string of the molecule is c1ccc(-c2cccc(-c3ccc(-c4nc(-c5cccc6ccc7c8ccccc8oc7c56)c5ccccc5n4)cc3)c2)cc1. The van der Waals surface area contributed by atoms with E-state index in [1.165, 1.54) is 16.7 Å². The number of furan rings is 1. The Morgan fingerprint density at radius 1 is 0.422 bits per heavy atom. The first-order valence-electron chi connectivity index (χ1n) is 15.2. The smallest absolute Gasteiger partial charge is 0.160 e. The lowest BCUT2D eigenvalue weighted by Crippen LogP contribution is -1.96. The molecule has 210 valence electrons. The fourth-order valence-corrected chi connectivity index (χ4v) is 6.48. The van der Waals surface area contributed by atoms with Gasteiger partial charge in [0.25, 0.3) is 0 Å². The van der Waals surface area contributed by atoms with E-state index in [0.29, 0.717) is 5.82 Å². The van der Waals surface area contributed by atoms with Gasteiger partial charge < -0.3 is 4.42 Å². The van der Waals surface area contributed by atoms with Crippen LogP contribution in [0.1, 0.15) is 0 Å².